The predicted octanol–water partition coefficient (Wildman–Crippen LogP) is 3.57. The first-order chi connectivity index (χ1) is 8.58. The molecule has 0 aromatic heterocycles. The topological polar surface area (TPSA) is 21.3 Å². The number of nitrogens with one attached hydrogen (secondary N) is 1. The summed E-state index contributed by atoms with van der Waals surface area (Å²) in [5.74, 6) is 0.576. The fraction of sp³-hybridized carbons (Fsp3) is 0.625. The van der Waals surface area contributed by atoms with E-state index in [1.165, 1.54) is 11.1 Å². The van der Waals surface area contributed by atoms with Crippen LogP contribution >= 0.6 is 0 Å². The average molecular weight is 249 g/mol. The lowest BCUT2D eigenvalue weighted by atomic mass is 10.0. The first-order valence-electron chi connectivity index (χ1n) is 6.96. The van der Waals surface area contributed by atoms with E-state index in [-0.39, 0.29) is 12.1 Å². The van der Waals surface area contributed by atoms with Crippen LogP contribution in [0.3, 0.4) is 0 Å². The second-order valence-corrected chi connectivity index (χ2v) is 5.29. The molecule has 0 saturated carbocycles. The van der Waals surface area contributed by atoms with Gasteiger partial charge < -0.3 is 10.1 Å². The Morgan fingerprint density at radius 2 is 1.72 bits per heavy atom. The van der Waals surface area contributed by atoms with Crippen molar-refractivity contribution in [1.29, 1.82) is 0 Å². The third-order valence-corrected chi connectivity index (χ3v) is 3.22. The van der Waals surface area contributed by atoms with Crippen molar-refractivity contribution < 1.29 is 4.74 Å². The summed E-state index contributed by atoms with van der Waals surface area (Å²) in [4.78, 5) is 0. The highest BCUT2D eigenvalue weighted by molar-refractivity contribution is 5.25. The molecule has 102 valence electrons. The number of aryl methyl sites for hydroxylation is 1. The van der Waals surface area contributed by atoms with Crippen LogP contribution in [0.1, 0.15) is 44.9 Å². The van der Waals surface area contributed by atoms with Crippen LogP contribution in [0.15, 0.2) is 24.3 Å². The Labute approximate surface area is 112 Å². The van der Waals surface area contributed by atoms with Crippen LogP contribution in [-0.4, -0.2) is 19.8 Å². The van der Waals surface area contributed by atoms with Crippen molar-refractivity contribution in [3.8, 4) is 0 Å². The summed E-state index contributed by atoms with van der Waals surface area (Å²) in [6.45, 7) is 9.48. The van der Waals surface area contributed by atoms with Gasteiger partial charge in [-0.3, -0.25) is 0 Å². The molecule has 2 atom stereocenters. The number of hydrogen-bond acceptors (Lipinski definition) is 2. The minimum absolute atomic E-state index is 0.185. The quantitative estimate of drug-likeness (QED) is 0.797. The minimum atomic E-state index is 0.185. The van der Waals surface area contributed by atoms with Crippen molar-refractivity contribution in [1.82, 2.24) is 5.32 Å². The lowest BCUT2D eigenvalue weighted by Crippen LogP contribution is -2.30. The summed E-state index contributed by atoms with van der Waals surface area (Å²) in [6, 6.07) is 9.07. The first kappa shape index (κ1) is 15.2. The van der Waals surface area contributed by atoms with Crippen molar-refractivity contribution in [2.75, 3.05) is 13.7 Å². The van der Waals surface area contributed by atoms with E-state index in [2.05, 4.69) is 57.3 Å². The van der Waals surface area contributed by atoms with Crippen LogP contribution in [0, 0.1) is 5.92 Å². The molecule has 2 unspecified atom stereocenters. The predicted molar refractivity (Wildman–Crippen MR) is 77.9 cm³/mol. The van der Waals surface area contributed by atoms with Gasteiger partial charge in [-0.25, -0.2) is 0 Å². The maximum Gasteiger partial charge on any atom is 0.0741 e. The van der Waals surface area contributed by atoms with Crippen LogP contribution in [0.5, 0.6) is 0 Å². The Kier molecular flexibility index (Phi) is 6.37. The van der Waals surface area contributed by atoms with Gasteiger partial charge in [0.2, 0.25) is 0 Å². The zero-order valence-corrected chi connectivity index (χ0v) is 12.4. The molecule has 0 saturated heterocycles. The smallest absolute Gasteiger partial charge is 0.0741 e. The monoisotopic (exact) mass is 249 g/mol. The molecular weight excluding hydrogens is 222 g/mol. The largest absolute Gasteiger partial charge is 0.376 e. The van der Waals surface area contributed by atoms with Gasteiger partial charge in [0.15, 0.2) is 0 Å². The van der Waals surface area contributed by atoms with Gasteiger partial charge in [-0.05, 0) is 37.4 Å². The Morgan fingerprint density at radius 1 is 1.11 bits per heavy atom. The average Bonchev–Trinajstić information content (AvgIpc) is 2.38. The maximum absolute atomic E-state index is 5.90. The number of ether oxygens (including phenoxy) is 1. The zero-order valence-electron chi connectivity index (χ0n) is 12.4. The molecule has 0 aliphatic carbocycles. The lowest BCUT2D eigenvalue weighted by molar-refractivity contribution is 0.0245. The summed E-state index contributed by atoms with van der Waals surface area (Å²) < 4.78 is 5.90. The molecule has 1 N–H and O–H groups in total. The summed E-state index contributed by atoms with van der Waals surface area (Å²) in [6.07, 6.45) is 1.27. The van der Waals surface area contributed by atoms with E-state index in [1.807, 2.05) is 7.05 Å². The van der Waals surface area contributed by atoms with E-state index in [0.717, 1.165) is 13.0 Å². The van der Waals surface area contributed by atoms with Gasteiger partial charge in [-0.2, -0.15) is 0 Å². The molecule has 18 heavy (non-hydrogen) atoms. The molecule has 1 rings (SSSR count). The number of likely N-dealkylation sites (N-methyl/N-ethyl adjacent to an activating group) is 1. The molecule has 0 spiro atoms. The van der Waals surface area contributed by atoms with Crippen LogP contribution in [0.4, 0.5) is 0 Å². The molecular formula is C16H27NO. The Hall–Kier alpha value is -0.860. The van der Waals surface area contributed by atoms with Crippen molar-refractivity contribution in [3.63, 3.8) is 0 Å². The summed E-state index contributed by atoms with van der Waals surface area (Å²) in [7, 11) is 1.99. The van der Waals surface area contributed by atoms with Crippen molar-refractivity contribution in [2.24, 2.45) is 5.92 Å². The molecule has 0 amide bonds. The first-order valence-corrected chi connectivity index (χ1v) is 6.96. The minimum Gasteiger partial charge on any atom is -0.376 e. The van der Waals surface area contributed by atoms with E-state index in [4.69, 9.17) is 4.74 Å². The highest BCUT2D eigenvalue weighted by Crippen LogP contribution is 2.20. The van der Waals surface area contributed by atoms with Gasteiger partial charge >= 0.3 is 0 Å². The van der Waals surface area contributed by atoms with Crippen LogP contribution in [0.25, 0.3) is 0 Å². The van der Waals surface area contributed by atoms with E-state index in [0.29, 0.717) is 5.92 Å². The molecule has 0 fully saturated rings. The van der Waals surface area contributed by atoms with Gasteiger partial charge in [0, 0.05) is 6.61 Å². The Bertz CT molecular complexity index is 331. The summed E-state index contributed by atoms with van der Waals surface area (Å²) in [5.41, 5.74) is 2.68. The Morgan fingerprint density at radius 3 is 2.17 bits per heavy atom. The highest BCUT2D eigenvalue weighted by Gasteiger charge is 2.18. The van der Waals surface area contributed by atoms with Crippen LogP contribution in [0.2, 0.25) is 0 Å². The molecule has 2 heteroatoms. The molecule has 0 bridgehead atoms. The van der Waals surface area contributed by atoms with E-state index in [1.54, 1.807) is 0 Å². The van der Waals surface area contributed by atoms with Gasteiger partial charge in [0.25, 0.3) is 0 Å². The van der Waals surface area contributed by atoms with Crippen LogP contribution in [-0.2, 0) is 11.2 Å². The second kappa shape index (κ2) is 7.55. The molecule has 0 heterocycles. The second-order valence-electron chi connectivity index (χ2n) is 5.29. The van der Waals surface area contributed by atoms with Crippen molar-refractivity contribution in [3.05, 3.63) is 35.4 Å². The zero-order chi connectivity index (χ0) is 13.5. The molecule has 1 aromatic rings. The van der Waals surface area contributed by atoms with E-state index in [9.17, 15) is 0 Å². The van der Waals surface area contributed by atoms with Gasteiger partial charge in [-0.1, -0.05) is 45.0 Å². The van der Waals surface area contributed by atoms with E-state index >= 15 is 0 Å². The maximum atomic E-state index is 5.90. The van der Waals surface area contributed by atoms with Gasteiger partial charge in [0.05, 0.1) is 12.1 Å². The lowest BCUT2D eigenvalue weighted by Gasteiger charge is -2.25. The highest BCUT2D eigenvalue weighted by atomic mass is 16.5. The fourth-order valence-corrected chi connectivity index (χ4v) is 2.07. The molecule has 1 aromatic carbocycles. The van der Waals surface area contributed by atoms with Crippen molar-refractivity contribution >= 4 is 0 Å². The summed E-state index contributed by atoms with van der Waals surface area (Å²) >= 11 is 0. The number of rotatable bonds is 7. The molecule has 0 aliphatic rings. The fourth-order valence-electron chi connectivity index (χ4n) is 2.07. The standard InChI is InChI=1S/C16H27NO/c1-6-14-7-9-15(10-8-14)16(17-5)13(4)18-11-12(2)3/h7-10,12-13,16-17H,6,11H2,1-5H3. The van der Waals surface area contributed by atoms with Crippen molar-refractivity contribution in [2.45, 2.75) is 46.3 Å². The van der Waals surface area contributed by atoms with Gasteiger partial charge in [-0.15, -0.1) is 0 Å². The summed E-state index contributed by atoms with van der Waals surface area (Å²) in [5, 5.41) is 3.35. The molecule has 0 radical (unpaired) electrons. The SMILES string of the molecule is CCc1ccc(C(NC)C(C)OCC(C)C)cc1. The molecule has 2 nitrogen and oxygen atoms in total. The third kappa shape index (κ3) is 4.43. The van der Waals surface area contributed by atoms with E-state index < -0.39 is 0 Å². The van der Waals surface area contributed by atoms with Gasteiger partial charge in [0.1, 0.15) is 0 Å². The number of benzene rings is 1. The van der Waals surface area contributed by atoms with Crippen LogP contribution < -0.4 is 5.32 Å². The third-order valence-electron chi connectivity index (χ3n) is 3.22. The normalized spacial score (nSPS) is 14.8. The molecule has 0 aliphatic heterocycles. The Balaban J connectivity index is 2.68. The number of hydrogen-bond donors (Lipinski definition) is 1.